The number of amides is 1. The molecule has 3 aromatic rings. The van der Waals surface area contributed by atoms with Crippen molar-refractivity contribution >= 4 is 23.8 Å². The molecule has 1 aromatic carbocycles. The fraction of sp³-hybridized carbons (Fsp3) is 0.0526. The van der Waals surface area contributed by atoms with Crippen LogP contribution in [-0.2, 0) is 14.3 Å². The summed E-state index contributed by atoms with van der Waals surface area (Å²) in [6.07, 6.45) is 5.40. The van der Waals surface area contributed by atoms with E-state index in [9.17, 15) is 14.9 Å². The number of ether oxygens (including phenoxy) is 1. The van der Waals surface area contributed by atoms with Gasteiger partial charge in [-0.2, -0.15) is 10.4 Å². The first-order valence-electron chi connectivity index (χ1n) is 7.89. The molecule has 0 aliphatic carbocycles. The molecule has 0 spiro atoms. The maximum absolute atomic E-state index is 12.1. The summed E-state index contributed by atoms with van der Waals surface area (Å²) in [5.41, 5.74) is 0.865. The van der Waals surface area contributed by atoms with Crippen LogP contribution in [0.1, 0.15) is 11.3 Å². The van der Waals surface area contributed by atoms with Crippen molar-refractivity contribution in [2.45, 2.75) is 0 Å². The van der Waals surface area contributed by atoms with Crippen molar-refractivity contribution in [3.8, 4) is 11.8 Å². The normalized spacial score (nSPS) is 10.5. The third-order valence-electron chi connectivity index (χ3n) is 3.42. The van der Waals surface area contributed by atoms with Gasteiger partial charge in [0, 0.05) is 6.08 Å². The first kappa shape index (κ1) is 17.7. The Labute approximate surface area is 154 Å². The van der Waals surface area contributed by atoms with Crippen molar-refractivity contribution in [1.82, 2.24) is 9.78 Å². The molecule has 3 rings (SSSR count). The molecule has 0 fully saturated rings. The zero-order valence-electron chi connectivity index (χ0n) is 14.0. The molecule has 2 aromatic heterocycles. The van der Waals surface area contributed by atoms with Crippen LogP contribution in [0.15, 0.2) is 65.4 Å². The van der Waals surface area contributed by atoms with E-state index in [1.54, 1.807) is 24.3 Å². The van der Waals surface area contributed by atoms with Gasteiger partial charge in [-0.3, -0.25) is 4.79 Å². The molecule has 134 valence electrons. The van der Waals surface area contributed by atoms with Crippen LogP contribution in [0.4, 0.5) is 5.82 Å². The van der Waals surface area contributed by atoms with E-state index >= 15 is 0 Å². The van der Waals surface area contributed by atoms with Gasteiger partial charge in [-0.1, -0.05) is 18.2 Å². The van der Waals surface area contributed by atoms with Crippen LogP contribution in [0.25, 0.3) is 11.8 Å². The standard InChI is InChI=1S/C19H14N4O4/c20-11-14-12-21-23(15-5-2-1-3-6-15)19(14)22-17(24)13-27-18(25)9-8-16-7-4-10-26-16/h1-10,12H,13H2,(H,22,24)/b9-8+. The molecular formula is C19H14N4O4. The molecule has 0 atom stereocenters. The third-order valence-corrected chi connectivity index (χ3v) is 3.42. The molecule has 0 aliphatic heterocycles. The van der Waals surface area contributed by atoms with Crippen molar-refractivity contribution in [2.75, 3.05) is 11.9 Å². The van der Waals surface area contributed by atoms with E-state index in [-0.39, 0.29) is 11.4 Å². The maximum Gasteiger partial charge on any atom is 0.331 e. The van der Waals surface area contributed by atoms with E-state index in [4.69, 9.17) is 9.15 Å². The van der Waals surface area contributed by atoms with E-state index in [0.717, 1.165) is 6.08 Å². The van der Waals surface area contributed by atoms with E-state index in [2.05, 4.69) is 10.4 Å². The monoisotopic (exact) mass is 362 g/mol. The highest BCUT2D eigenvalue weighted by molar-refractivity contribution is 5.95. The van der Waals surface area contributed by atoms with Gasteiger partial charge in [0.05, 0.1) is 18.1 Å². The molecule has 0 saturated carbocycles. The van der Waals surface area contributed by atoms with Crippen molar-refractivity contribution in [1.29, 1.82) is 5.26 Å². The fourth-order valence-corrected chi connectivity index (χ4v) is 2.20. The quantitative estimate of drug-likeness (QED) is 0.533. The Morgan fingerprint density at radius 1 is 1.26 bits per heavy atom. The van der Waals surface area contributed by atoms with Gasteiger partial charge in [0.1, 0.15) is 17.4 Å². The molecular weight excluding hydrogens is 348 g/mol. The van der Waals surface area contributed by atoms with Crippen LogP contribution in [-0.4, -0.2) is 28.3 Å². The summed E-state index contributed by atoms with van der Waals surface area (Å²) in [5.74, 6) is -0.597. The molecule has 0 aliphatic rings. The Hall–Kier alpha value is -4.12. The molecule has 0 bridgehead atoms. The summed E-state index contributed by atoms with van der Waals surface area (Å²) >= 11 is 0. The van der Waals surface area contributed by atoms with Crippen molar-refractivity contribution in [3.05, 3.63) is 72.3 Å². The second-order valence-corrected chi connectivity index (χ2v) is 5.27. The molecule has 0 radical (unpaired) electrons. The van der Waals surface area contributed by atoms with Gasteiger partial charge in [0.15, 0.2) is 12.4 Å². The van der Waals surface area contributed by atoms with Crippen LogP contribution in [0.2, 0.25) is 0 Å². The minimum Gasteiger partial charge on any atom is -0.465 e. The minimum atomic E-state index is -0.696. The Morgan fingerprint density at radius 2 is 2.07 bits per heavy atom. The zero-order chi connectivity index (χ0) is 19.1. The van der Waals surface area contributed by atoms with Crippen LogP contribution in [0.3, 0.4) is 0 Å². The smallest absolute Gasteiger partial charge is 0.331 e. The molecule has 8 heteroatoms. The number of para-hydroxylation sites is 1. The summed E-state index contributed by atoms with van der Waals surface area (Å²) in [6.45, 7) is -0.508. The van der Waals surface area contributed by atoms with Crippen LogP contribution >= 0.6 is 0 Å². The van der Waals surface area contributed by atoms with Crippen LogP contribution in [0.5, 0.6) is 0 Å². The fourth-order valence-electron chi connectivity index (χ4n) is 2.20. The van der Waals surface area contributed by atoms with Crippen LogP contribution in [0, 0.1) is 11.3 Å². The van der Waals surface area contributed by atoms with E-state index in [0.29, 0.717) is 11.4 Å². The lowest BCUT2D eigenvalue weighted by molar-refractivity contribution is -0.142. The predicted octanol–water partition coefficient (Wildman–Crippen LogP) is 2.53. The van der Waals surface area contributed by atoms with Gasteiger partial charge in [0.2, 0.25) is 0 Å². The van der Waals surface area contributed by atoms with Gasteiger partial charge in [-0.05, 0) is 30.3 Å². The minimum absolute atomic E-state index is 0.191. The van der Waals surface area contributed by atoms with E-state index in [1.807, 2.05) is 24.3 Å². The first-order chi connectivity index (χ1) is 13.2. The number of furan rings is 1. The van der Waals surface area contributed by atoms with Gasteiger partial charge in [0.25, 0.3) is 5.91 Å². The lowest BCUT2D eigenvalue weighted by atomic mass is 10.3. The van der Waals surface area contributed by atoms with Gasteiger partial charge in [-0.15, -0.1) is 0 Å². The highest BCUT2D eigenvalue weighted by Crippen LogP contribution is 2.19. The number of rotatable bonds is 6. The summed E-state index contributed by atoms with van der Waals surface area (Å²) < 4.78 is 11.3. The lowest BCUT2D eigenvalue weighted by Gasteiger charge is -2.09. The summed E-state index contributed by atoms with van der Waals surface area (Å²) in [6, 6.07) is 14.3. The maximum atomic E-state index is 12.1. The number of benzene rings is 1. The van der Waals surface area contributed by atoms with Crippen molar-refractivity contribution < 1.29 is 18.7 Å². The molecule has 0 unspecified atom stereocenters. The summed E-state index contributed by atoms with van der Waals surface area (Å²) in [5, 5.41) is 15.9. The number of aromatic nitrogens is 2. The number of anilines is 1. The number of hydrogen-bond acceptors (Lipinski definition) is 6. The van der Waals surface area contributed by atoms with Crippen molar-refractivity contribution in [3.63, 3.8) is 0 Å². The molecule has 8 nitrogen and oxygen atoms in total. The SMILES string of the molecule is N#Cc1cnn(-c2ccccc2)c1NC(=O)COC(=O)/C=C/c1ccco1. The number of hydrogen-bond donors (Lipinski definition) is 1. The van der Waals surface area contributed by atoms with Gasteiger partial charge >= 0.3 is 5.97 Å². The number of carbonyl (C=O) groups is 2. The molecule has 1 amide bonds. The second kappa shape index (κ2) is 8.31. The number of nitrogens with zero attached hydrogens (tertiary/aromatic N) is 3. The molecule has 1 N–H and O–H groups in total. The third kappa shape index (κ3) is 4.49. The average Bonchev–Trinajstić information content (AvgIpc) is 3.35. The predicted molar refractivity (Wildman–Crippen MR) is 95.6 cm³/mol. The number of carbonyl (C=O) groups excluding carboxylic acids is 2. The molecule has 0 saturated heterocycles. The zero-order valence-corrected chi connectivity index (χ0v) is 14.0. The van der Waals surface area contributed by atoms with E-state index < -0.39 is 18.5 Å². The first-order valence-corrected chi connectivity index (χ1v) is 7.89. The topological polar surface area (TPSA) is 110 Å². The number of esters is 1. The summed E-state index contributed by atoms with van der Waals surface area (Å²) in [7, 11) is 0. The average molecular weight is 362 g/mol. The highest BCUT2D eigenvalue weighted by Gasteiger charge is 2.15. The van der Waals surface area contributed by atoms with Gasteiger partial charge < -0.3 is 14.5 Å². The highest BCUT2D eigenvalue weighted by atomic mass is 16.5. The van der Waals surface area contributed by atoms with Crippen LogP contribution < -0.4 is 5.32 Å². The van der Waals surface area contributed by atoms with Gasteiger partial charge in [-0.25, -0.2) is 9.48 Å². The Bertz CT molecular complexity index is 998. The van der Waals surface area contributed by atoms with Crippen molar-refractivity contribution in [2.24, 2.45) is 0 Å². The summed E-state index contributed by atoms with van der Waals surface area (Å²) in [4.78, 5) is 23.8. The largest absolute Gasteiger partial charge is 0.465 e. The number of nitriles is 1. The lowest BCUT2D eigenvalue weighted by Crippen LogP contribution is -2.22. The number of nitrogens with one attached hydrogen (secondary N) is 1. The molecule has 2 heterocycles. The molecule has 27 heavy (non-hydrogen) atoms. The second-order valence-electron chi connectivity index (χ2n) is 5.27. The Kier molecular flexibility index (Phi) is 5.45. The Morgan fingerprint density at radius 3 is 2.78 bits per heavy atom. The Balaban J connectivity index is 1.63. The van der Waals surface area contributed by atoms with E-state index in [1.165, 1.54) is 23.2 Å².